The standard InChI is InChI=1S/C47H31N3/c1-2-10-32(11-3-1)33-20-22-36(23-21-33)45-31-46(50-47(49-45)37-24-26-48-27-25-37)40-29-38(43-18-8-14-34-12-4-6-16-41(34)43)28-39(30-40)44-19-9-15-35-13-5-7-17-42(35)44/h1-31H. The highest BCUT2D eigenvalue weighted by atomic mass is 14.9. The van der Waals surface area contributed by atoms with Crippen molar-refractivity contribution in [3.05, 3.63) is 188 Å². The second kappa shape index (κ2) is 12.7. The van der Waals surface area contributed by atoms with E-state index in [9.17, 15) is 0 Å². The van der Waals surface area contributed by atoms with Gasteiger partial charge < -0.3 is 0 Å². The molecule has 2 heterocycles. The average molecular weight is 638 g/mol. The fourth-order valence-corrected chi connectivity index (χ4v) is 6.88. The van der Waals surface area contributed by atoms with Crippen LogP contribution in [0.1, 0.15) is 0 Å². The van der Waals surface area contributed by atoms with E-state index in [1.165, 1.54) is 43.8 Å². The number of rotatable bonds is 6. The summed E-state index contributed by atoms with van der Waals surface area (Å²) in [5.41, 5.74) is 11.7. The van der Waals surface area contributed by atoms with Gasteiger partial charge in [-0.1, -0.05) is 140 Å². The summed E-state index contributed by atoms with van der Waals surface area (Å²) < 4.78 is 0. The maximum absolute atomic E-state index is 5.22. The van der Waals surface area contributed by atoms with Crippen molar-refractivity contribution in [3.8, 4) is 67.3 Å². The topological polar surface area (TPSA) is 38.7 Å². The summed E-state index contributed by atoms with van der Waals surface area (Å²) in [6.07, 6.45) is 3.58. The van der Waals surface area contributed by atoms with Crippen molar-refractivity contribution in [1.82, 2.24) is 15.0 Å². The van der Waals surface area contributed by atoms with Crippen LogP contribution in [-0.2, 0) is 0 Å². The Labute approximate surface area is 291 Å². The Kier molecular flexibility index (Phi) is 7.49. The molecular weight excluding hydrogens is 607 g/mol. The van der Waals surface area contributed by atoms with Crippen LogP contribution in [0.5, 0.6) is 0 Å². The minimum Gasteiger partial charge on any atom is -0.265 e. The molecule has 50 heavy (non-hydrogen) atoms. The maximum atomic E-state index is 5.22. The van der Waals surface area contributed by atoms with Crippen LogP contribution in [0.25, 0.3) is 88.8 Å². The number of pyridine rings is 1. The largest absolute Gasteiger partial charge is 0.265 e. The van der Waals surface area contributed by atoms with E-state index < -0.39 is 0 Å². The predicted octanol–water partition coefficient (Wildman–Crippen LogP) is 12.2. The lowest BCUT2D eigenvalue weighted by Crippen LogP contribution is -1.97. The molecule has 0 saturated heterocycles. The molecule has 9 rings (SSSR count). The molecule has 0 fully saturated rings. The molecule has 0 atom stereocenters. The first-order valence-corrected chi connectivity index (χ1v) is 16.8. The molecule has 3 nitrogen and oxygen atoms in total. The summed E-state index contributed by atoms with van der Waals surface area (Å²) in [5.74, 6) is 0.661. The van der Waals surface area contributed by atoms with E-state index in [0.717, 1.165) is 39.2 Å². The monoisotopic (exact) mass is 637 g/mol. The van der Waals surface area contributed by atoms with Crippen LogP contribution in [0.15, 0.2) is 188 Å². The number of hydrogen-bond acceptors (Lipinski definition) is 3. The molecule has 0 N–H and O–H groups in total. The summed E-state index contributed by atoms with van der Waals surface area (Å²) >= 11 is 0. The van der Waals surface area contributed by atoms with Crippen LogP contribution in [-0.4, -0.2) is 15.0 Å². The second-order valence-electron chi connectivity index (χ2n) is 12.5. The van der Waals surface area contributed by atoms with Crippen molar-refractivity contribution in [2.45, 2.75) is 0 Å². The summed E-state index contributed by atoms with van der Waals surface area (Å²) in [5, 5.41) is 4.86. The third-order valence-electron chi connectivity index (χ3n) is 9.38. The first kappa shape index (κ1) is 29.4. The third-order valence-corrected chi connectivity index (χ3v) is 9.38. The van der Waals surface area contributed by atoms with Crippen molar-refractivity contribution in [2.24, 2.45) is 0 Å². The Hall–Kier alpha value is -6.71. The molecule has 0 aliphatic carbocycles. The van der Waals surface area contributed by atoms with Gasteiger partial charge in [0.25, 0.3) is 0 Å². The molecule has 9 aromatic rings. The van der Waals surface area contributed by atoms with E-state index in [-0.39, 0.29) is 0 Å². The van der Waals surface area contributed by atoms with Crippen molar-refractivity contribution in [3.63, 3.8) is 0 Å². The zero-order valence-corrected chi connectivity index (χ0v) is 27.2. The zero-order valence-electron chi connectivity index (χ0n) is 27.2. The van der Waals surface area contributed by atoms with Crippen molar-refractivity contribution < 1.29 is 0 Å². The van der Waals surface area contributed by atoms with Crippen LogP contribution < -0.4 is 0 Å². The number of aromatic nitrogens is 3. The van der Waals surface area contributed by atoms with E-state index in [1.807, 2.05) is 18.2 Å². The van der Waals surface area contributed by atoms with Gasteiger partial charge in [0.05, 0.1) is 11.4 Å². The van der Waals surface area contributed by atoms with E-state index in [4.69, 9.17) is 9.97 Å². The fraction of sp³-hybridized carbons (Fsp3) is 0. The Morgan fingerprint density at radius 2 is 0.780 bits per heavy atom. The zero-order chi connectivity index (χ0) is 33.3. The van der Waals surface area contributed by atoms with Gasteiger partial charge in [-0.25, -0.2) is 9.97 Å². The Bertz CT molecular complexity index is 2520. The molecule has 0 bridgehead atoms. The van der Waals surface area contributed by atoms with Gasteiger partial charge in [-0.15, -0.1) is 0 Å². The fourth-order valence-electron chi connectivity index (χ4n) is 6.88. The highest BCUT2D eigenvalue weighted by molar-refractivity contribution is 6.01. The molecule has 0 amide bonds. The number of benzene rings is 7. The van der Waals surface area contributed by atoms with Gasteiger partial charge in [-0.2, -0.15) is 0 Å². The Morgan fingerprint density at radius 3 is 1.40 bits per heavy atom. The summed E-state index contributed by atoms with van der Waals surface area (Å²) in [6.45, 7) is 0. The van der Waals surface area contributed by atoms with Crippen molar-refractivity contribution >= 4 is 21.5 Å². The van der Waals surface area contributed by atoms with Gasteiger partial charge in [0.1, 0.15) is 0 Å². The van der Waals surface area contributed by atoms with Gasteiger partial charge in [-0.3, -0.25) is 4.98 Å². The number of fused-ring (bicyclic) bond motifs is 2. The lowest BCUT2D eigenvalue weighted by Gasteiger charge is -2.15. The molecule has 0 radical (unpaired) electrons. The van der Waals surface area contributed by atoms with Gasteiger partial charge >= 0.3 is 0 Å². The van der Waals surface area contributed by atoms with E-state index in [0.29, 0.717) is 5.82 Å². The summed E-state index contributed by atoms with van der Waals surface area (Å²) in [6, 6.07) is 62.3. The molecule has 7 aromatic carbocycles. The van der Waals surface area contributed by atoms with Crippen molar-refractivity contribution in [1.29, 1.82) is 0 Å². The molecule has 0 aliphatic heterocycles. The maximum Gasteiger partial charge on any atom is 0.160 e. The Balaban J connectivity index is 1.27. The van der Waals surface area contributed by atoms with Gasteiger partial charge in [0.15, 0.2) is 5.82 Å². The molecule has 3 heteroatoms. The minimum atomic E-state index is 0.661. The molecule has 0 aliphatic rings. The van der Waals surface area contributed by atoms with Crippen LogP contribution >= 0.6 is 0 Å². The molecule has 234 valence electrons. The quantitative estimate of drug-likeness (QED) is 0.182. The third kappa shape index (κ3) is 5.61. The SMILES string of the molecule is c1ccc(-c2ccc(-c3cc(-c4cc(-c5cccc6ccccc56)cc(-c5cccc6ccccc56)c4)nc(-c4ccncc4)n3)cc2)cc1. The molecule has 0 saturated carbocycles. The molecule has 2 aromatic heterocycles. The number of hydrogen-bond donors (Lipinski definition) is 0. The molecular formula is C47H31N3. The van der Waals surface area contributed by atoms with Gasteiger partial charge in [0.2, 0.25) is 0 Å². The summed E-state index contributed by atoms with van der Waals surface area (Å²) in [7, 11) is 0. The minimum absolute atomic E-state index is 0.661. The predicted molar refractivity (Wildman–Crippen MR) is 207 cm³/mol. The highest BCUT2D eigenvalue weighted by Gasteiger charge is 2.15. The second-order valence-corrected chi connectivity index (χ2v) is 12.5. The van der Waals surface area contributed by atoms with Crippen LogP contribution in [0.3, 0.4) is 0 Å². The normalized spacial score (nSPS) is 11.2. The Morgan fingerprint density at radius 1 is 0.300 bits per heavy atom. The average Bonchev–Trinajstić information content (AvgIpc) is 3.21. The van der Waals surface area contributed by atoms with Gasteiger partial charge in [0, 0.05) is 29.1 Å². The molecule has 0 unspecified atom stereocenters. The highest BCUT2D eigenvalue weighted by Crippen LogP contribution is 2.39. The van der Waals surface area contributed by atoms with Crippen LogP contribution in [0.2, 0.25) is 0 Å². The smallest absolute Gasteiger partial charge is 0.160 e. The van der Waals surface area contributed by atoms with E-state index in [1.54, 1.807) is 12.4 Å². The van der Waals surface area contributed by atoms with Crippen molar-refractivity contribution in [2.75, 3.05) is 0 Å². The van der Waals surface area contributed by atoms with E-state index >= 15 is 0 Å². The molecule has 0 spiro atoms. The van der Waals surface area contributed by atoms with Gasteiger partial charge in [-0.05, 0) is 91.3 Å². The summed E-state index contributed by atoms with van der Waals surface area (Å²) in [4.78, 5) is 14.6. The lowest BCUT2D eigenvalue weighted by molar-refractivity contribution is 1.18. The first-order chi connectivity index (χ1) is 24.8. The number of nitrogens with zero attached hydrogens (tertiary/aromatic N) is 3. The first-order valence-electron chi connectivity index (χ1n) is 16.8. The lowest BCUT2D eigenvalue weighted by atomic mass is 9.90. The van der Waals surface area contributed by atoms with E-state index in [2.05, 4.69) is 163 Å². The van der Waals surface area contributed by atoms with Crippen LogP contribution in [0.4, 0.5) is 0 Å². The van der Waals surface area contributed by atoms with Crippen LogP contribution in [0, 0.1) is 0 Å².